The van der Waals surface area contributed by atoms with E-state index in [4.69, 9.17) is 11.5 Å². The predicted molar refractivity (Wildman–Crippen MR) is 54.4 cm³/mol. The van der Waals surface area contributed by atoms with E-state index in [1.54, 1.807) is 6.07 Å². The number of hydrogen-bond donors (Lipinski definition) is 2. The van der Waals surface area contributed by atoms with Crippen LogP contribution in [-0.4, -0.2) is 6.54 Å². The maximum absolute atomic E-state index is 12.7. The first kappa shape index (κ1) is 12.4. The van der Waals surface area contributed by atoms with Crippen LogP contribution in [0.25, 0.3) is 0 Å². The molecule has 0 fully saturated rings. The molecule has 0 unspecified atom stereocenters. The molecule has 1 rings (SSSR count). The molecule has 0 spiro atoms. The van der Waals surface area contributed by atoms with E-state index in [9.17, 15) is 4.39 Å². The maximum Gasteiger partial charge on any atom is 0.123 e. The van der Waals surface area contributed by atoms with E-state index in [1.165, 1.54) is 12.1 Å². The number of rotatable bonds is 2. The summed E-state index contributed by atoms with van der Waals surface area (Å²) in [5.74, 6) is -0.264. The molecule has 0 amide bonds. The third kappa shape index (κ3) is 2.95. The van der Waals surface area contributed by atoms with Gasteiger partial charge < -0.3 is 11.5 Å². The third-order valence-corrected chi connectivity index (χ3v) is 1.89. The van der Waals surface area contributed by atoms with Crippen molar-refractivity contribution in [3.8, 4) is 0 Å². The monoisotopic (exact) mass is 204 g/mol. The molecule has 0 aliphatic carbocycles. The summed E-state index contributed by atoms with van der Waals surface area (Å²) < 4.78 is 12.7. The summed E-state index contributed by atoms with van der Waals surface area (Å²) in [7, 11) is 0. The standard InChI is InChI=1S/C9H13FN2.ClH/c1-6-2-3-7(10)4-8(6)9(12)5-11;/h2-4,9H,5,11-12H2,1H3;1H/t9-;/m1./s1. The first-order chi connectivity index (χ1) is 5.65. The van der Waals surface area contributed by atoms with Crippen LogP contribution in [0.2, 0.25) is 0 Å². The highest BCUT2D eigenvalue weighted by Crippen LogP contribution is 2.15. The van der Waals surface area contributed by atoms with Crippen molar-refractivity contribution in [3.05, 3.63) is 35.1 Å². The van der Waals surface area contributed by atoms with Gasteiger partial charge in [-0.25, -0.2) is 4.39 Å². The van der Waals surface area contributed by atoms with Crippen molar-refractivity contribution in [1.82, 2.24) is 0 Å². The minimum Gasteiger partial charge on any atom is -0.329 e. The zero-order valence-corrected chi connectivity index (χ0v) is 8.27. The second-order valence-corrected chi connectivity index (χ2v) is 2.84. The molecule has 0 bridgehead atoms. The molecular weight excluding hydrogens is 191 g/mol. The predicted octanol–water partition coefficient (Wildman–Crippen LogP) is 1.51. The lowest BCUT2D eigenvalue weighted by atomic mass is 10.0. The quantitative estimate of drug-likeness (QED) is 0.768. The number of benzene rings is 1. The normalized spacial score (nSPS) is 12.0. The summed E-state index contributed by atoms with van der Waals surface area (Å²) in [4.78, 5) is 0. The summed E-state index contributed by atoms with van der Waals surface area (Å²) in [6.07, 6.45) is 0. The van der Waals surface area contributed by atoms with Gasteiger partial charge in [-0.3, -0.25) is 0 Å². The Hall–Kier alpha value is -0.640. The minimum atomic E-state index is -0.264. The van der Waals surface area contributed by atoms with Crippen LogP contribution in [0.1, 0.15) is 17.2 Å². The topological polar surface area (TPSA) is 52.0 Å². The highest BCUT2D eigenvalue weighted by Gasteiger charge is 2.07. The lowest BCUT2D eigenvalue weighted by Gasteiger charge is -2.11. The smallest absolute Gasteiger partial charge is 0.123 e. The van der Waals surface area contributed by atoms with Gasteiger partial charge in [0.05, 0.1) is 0 Å². The molecule has 4 heteroatoms. The fraction of sp³-hybridized carbons (Fsp3) is 0.333. The van der Waals surface area contributed by atoms with Crippen LogP contribution in [0.3, 0.4) is 0 Å². The zero-order chi connectivity index (χ0) is 9.14. The van der Waals surface area contributed by atoms with Gasteiger partial charge in [0.15, 0.2) is 0 Å². The molecule has 0 radical (unpaired) electrons. The number of halogens is 2. The van der Waals surface area contributed by atoms with Crippen molar-refractivity contribution in [2.75, 3.05) is 6.54 Å². The molecule has 2 nitrogen and oxygen atoms in total. The van der Waals surface area contributed by atoms with Gasteiger partial charge in [0, 0.05) is 12.6 Å². The Morgan fingerprint density at radius 2 is 2.08 bits per heavy atom. The fourth-order valence-corrected chi connectivity index (χ4v) is 1.14. The largest absolute Gasteiger partial charge is 0.329 e. The van der Waals surface area contributed by atoms with E-state index >= 15 is 0 Å². The van der Waals surface area contributed by atoms with Gasteiger partial charge in [-0.15, -0.1) is 12.4 Å². The van der Waals surface area contributed by atoms with Gasteiger partial charge in [-0.1, -0.05) is 6.07 Å². The van der Waals surface area contributed by atoms with Crippen LogP contribution in [0.4, 0.5) is 4.39 Å². The molecule has 0 heterocycles. The Morgan fingerprint density at radius 3 is 2.62 bits per heavy atom. The van der Waals surface area contributed by atoms with Gasteiger partial charge in [-0.2, -0.15) is 0 Å². The van der Waals surface area contributed by atoms with Crippen LogP contribution >= 0.6 is 12.4 Å². The molecule has 4 N–H and O–H groups in total. The molecule has 1 aromatic carbocycles. The summed E-state index contributed by atoms with van der Waals surface area (Å²) in [6, 6.07) is 4.30. The number of hydrogen-bond acceptors (Lipinski definition) is 2. The molecule has 0 aliphatic rings. The molecule has 1 aromatic rings. The lowest BCUT2D eigenvalue weighted by molar-refractivity contribution is 0.618. The fourth-order valence-electron chi connectivity index (χ4n) is 1.14. The number of nitrogens with two attached hydrogens (primary N) is 2. The average Bonchev–Trinajstić information content (AvgIpc) is 2.08. The molecule has 0 aliphatic heterocycles. The summed E-state index contributed by atoms with van der Waals surface area (Å²) in [6.45, 7) is 2.23. The van der Waals surface area contributed by atoms with E-state index in [2.05, 4.69) is 0 Å². The van der Waals surface area contributed by atoms with Gasteiger partial charge in [0.25, 0.3) is 0 Å². The highest BCUT2D eigenvalue weighted by atomic mass is 35.5. The van der Waals surface area contributed by atoms with Crippen LogP contribution in [-0.2, 0) is 0 Å². The average molecular weight is 205 g/mol. The third-order valence-electron chi connectivity index (χ3n) is 1.89. The van der Waals surface area contributed by atoms with Crippen molar-refractivity contribution >= 4 is 12.4 Å². The molecule has 74 valence electrons. The first-order valence-corrected chi connectivity index (χ1v) is 3.87. The van der Waals surface area contributed by atoms with Crippen molar-refractivity contribution in [1.29, 1.82) is 0 Å². The highest BCUT2D eigenvalue weighted by molar-refractivity contribution is 5.85. The van der Waals surface area contributed by atoms with E-state index in [-0.39, 0.29) is 24.3 Å². The van der Waals surface area contributed by atoms with E-state index in [0.717, 1.165) is 11.1 Å². The summed E-state index contributed by atoms with van der Waals surface area (Å²) in [5, 5.41) is 0. The van der Waals surface area contributed by atoms with Crippen molar-refractivity contribution in [2.45, 2.75) is 13.0 Å². The van der Waals surface area contributed by atoms with Crippen molar-refractivity contribution < 1.29 is 4.39 Å². The molecular formula is C9H14ClFN2. The van der Waals surface area contributed by atoms with Gasteiger partial charge in [0.1, 0.15) is 5.82 Å². The Balaban J connectivity index is 0.00000144. The first-order valence-electron chi connectivity index (χ1n) is 3.87. The lowest BCUT2D eigenvalue weighted by Crippen LogP contribution is -2.21. The summed E-state index contributed by atoms with van der Waals surface area (Å²) in [5.41, 5.74) is 12.8. The van der Waals surface area contributed by atoms with E-state index in [1.807, 2.05) is 6.92 Å². The van der Waals surface area contributed by atoms with E-state index < -0.39 is 0 Å². The van der Waals surface area contributed by atoms with E-state index in [0.29, 0.717) is 6.54 Å². The Labute approximate surface area is 83.5 Å². The van der Waals surface area contributed by atoms with Gasteiger partial charge in [0.2, 0.25) is 0 Å². The van der Waals surface area contributed by atoms with Crippen LogP contribution in [0.5, 0.6) is 0 Å². The van der Waals surface area contributed by atoms with Crippen LogP contribution in [0, 0.1) is 12.7 Å². The number of aryl methyl sites for hydroxylation is 1. The summed E-state index contributed by atoms with van der Waals surface area (Å²) >= 11 is 0. The molecule has 1 atom stereocenters. The molecule has 0 saturated heterocycles. The maximum atomic E-state index is 12.7. The van der Waals surface area contributed by atoms with Gasteiger partial charge in [-0.05, 0) is 30.2 Å². The van der Waals surface area contributed by atoms with Gasteiger partial charge >= 0.3 is 0 Å². The second kappa shape index (κ2) is 5.17. The van der Waals surface area contributed by atoms with Crippen molar-refractivity contribution in [2.24, 2.45) is 11.5 Å². The molecule has 0 aromatic heterocycles. The minimum absolute atomic E-state index is 0. The Morgan fingerprint density at radius 1 is 1.46 bits per heavy atom. The molecule has 0 saturated carbocycles. The Bertz CT molecular complexity index is 278. The Kier molecular flexibility index (Phi) is 4.91. The van der Waals surface area contributed by atoms with Crippen molar-refractivity contribution in [3.63, 3.8) is 0 Å². The van der Waals surface area contributed by atoms with Crippen LogP contribution < -0.4 is 11.5 Å². The van der Waals surface area contributed by atoms with Crippen LogP contribution in [0.15, 0.2) is 18.2 Å². The second-order valence-electron chi connectivity index (χ2n) is 2.84. The zero-order valence-electron chi connectivity index (χ0n) is 7.46. The molecule has 13 heavy (non-hydrogen) atoms. The SMILES string of the molecule is Cc1ccc(F)cc1[C@H](N)CN.Cl.